The molecule has 0 fully saturated rings. The van der Waals surface area contributed by atoms with Gasteiger partial charge in [-0.15, -0.1) is 0 Å². The number of methoxy groups -OCH3 is 1. The lowest BCUT2D eigenvalue weighted by Crippen LogP contribution is -2.44. The number of ether oxygens (including phenoxy) is 1. The molecule has 1 atom stereocenters. The molecule has 33 heavy (non-hydrogen) atoms. The van der Waals surface area contributed by atoms with Crippen LogP contribution >= 0.6 is 11.6 Å². The van der Waals surface area contributed by atoms with Crippen molar-refractivity contribution in [2.75, 3.05) is 7.11 Å². The van der Waals surface area contributed by atoms with E-state index in [1.54, 1.807) is 37.4 Å². The second-order valence-electron chi connectivity index (χ2n) is 7.55. The van der Waals surface area contributed by atoms with Crippen LogP contribution in [-0.2, 0) is 13.1 Å². The number of halogens is 1. The van der Waals surface area contributed by atoms with Crippen LogP contribution in [0.3, 0.4) is 0 Å². The standard InChI is InChI=1S/C25H23ClN4O3/c1-33-20-12-7-11-18(14-20)23-24(31)29(16-22(27)17-8-3-2-4-9-17)25(32)30(28-23)15-19-10-5-6-13-21(19)26/h2-14,22H,15-16,27H2,1H3. The molecule has 0 radical (unpaired) electrons. The third-order valence-corrected chi connectivity index (χ3v) is 5.72. The highest BCUT2D eigenvalue weighted by atomic mass is 35.5. The number of nitrogens with zero attached hydrogens (tertiary/aromatic N) is 3. The summed E-state index contributed by atoms with van der Waals surface area (Å²) in [6.07, 6.45) is 0. The highest BCUT2D eigenvalue weighted by Crippen LogP contribution is 2.20. The molecular weight excluding hydrogens is 440 g/mol. The van der Waals surface area contributed by atoms with Gasteiger partial charge in [0.25, 0.3) is 5.56 Å². The summed E-state index contributed by atoms with van der Waals surface area (Å²) in [6.45, 7) is 0.111. The number of nitrogens with two attached hydrogens (primary N) is 1. The van der Waals surface area contributed by atoms with Crippen molar-refractivity contribution in [2.24, 2.45) is 5.73 Å². The molecule has 2 N–H and O–H groups in total. The molecule has 8 heteroatoms. The van der Waals surface area contributed by atoms with E-state index in [1.165, 1.54) is 4.68 Å². The molecule has 4 rings (SSSR count). The predicted molar refractivity (Wildman–Crippen MR) is 129 cm³/mol. The lowest BCUT2D eigenvalue weighted by molar-refractivity contribution is 0.415. The summed E-state index contributed by atoms with van der Waals surface area (Å²) in [5.41, 5.74) is 7.47. The van der Waals surface area contributed by atoms with Crippen molar-refractivity contribution in [3.8, 4) is 17.0 Å². The number of aromatic nitrogens is 3. The average molecular weight is 463 g/mol. The smallest absolute Gasteiger partial charge is 0.347 e. The normalized spacial score (nSPS) is 11.8. The van der Waals surface area contributed by atoms with Gasteiger partial charge in [-0.2, -0.15) is 5.10 Å². The van der Waals surface area contributed by atoms with Gasteiger partial charge in [-0.05, 0) is 29.3 Å². The van der Waals surface area contributed by atoms with E-state index in [9.17, 15) is 9.59 Å². The zero-order valence-electron chi connectivity index (χ0n) is 18.0. The lowest BCUT2D eigenvalue weighted by Gasteiger charge is -2.16. The van der Waals surface area contributed by atoms with Crippen LogP contribution in [0.4, 0.5) is 0 Å². The molecule has 1 heterocycles. The van der Waals surface area contributed by atoms with Gasteiger partial charge in [0.2, 0.25) is 0 Å². The van der Waals surface area contributed by atoms with Crippen molar-refractivity contribution in [3.63, 3.8) is 0 Å². The first-order chi connectivity index (χ1) is 16.0. The molecule has 0 aliphatic carbocycles. The molecule has 0 spiro atoms. The van der Waals surface area contributed by atoms with Crippen molar-refractivity contribution in [3.05, 3.63) is 116 Å². The Balaban J connectivity index is 1.86. The zero-order valence-corrected chi connectivity index (χ0v) is 18.8. The van der Waals surface area contributed by atoms with E-state index in [0.717, 1.165) is 10.1 Å². The second kappa shape index (κ2) is 9.85. The number of hydrogen-bond acceptors (Lipinski definition) is 5. The van der Waals surface area contributed by atoms with Crippen LogP contribution in [0.1, 0.15) is 17.2 Å². The molecule has 1 aromatic heterocycles. The van der Waals surface area contributed by atoms with Gasteiger partial charge in [0.1, 0.15) is 5.75 Å². The van der Waals surface area contributed by atoms with Gasteiger partial charge in [-0.1, -0.05) is 72.3 Å². The minimum Gasteiger partial charge on any atom is -0.497 e. The maximum absolute atomic E-state index is 13.4. The first kappa shape index (κ1) is 22.5. The second-order valence-corrected chi connectivity index (χ2v) is 7.95. The topological polar surface area (TPSA) is 92.1 Å². The van der Waals surface area contributed by atoms with Crippen LogP contribution in [0, 0.1) is 0 Å². The zero-order chi connectivity index (χ0) is 23.4. The summed E-state index contributed by atoms with van der Waals surface area (Å²) in [5.74, 6) is 0.574. The molecule has 0 saturated heterocycles. The maximum Gasteiger partial charge on any atom is 0.347 e. The fourth-order valence-corrected chi connectivity index (χ4v) is 3.76. The summed E-state index contributed by atoms with van der Waals surface area (Å²) in [5, 5.41) is 4.92. The summed E-state index contributed by atoms with van der Waals surface area (Å²) in [6, 6.07) is 23.0. The number of benzene rings is 3. The monoisotopic (exact) mass is 462 g/mol. The predicted octanol–water partition coefficient (Wildman–Crippen LogP) is 3.48. The summed E-state index contributed by atoms with van der Waals surface area (Å²) < 4.78 is 7.67. The summed E-state index contributed by atoms with van der Waals surface area (Å²) in [4.78, 5) is 26.7. The molecule has 0 aliphatic rings. The van der Waals surface area contributed by atoms with E-state index in [4.69, 9.17) is 22.1 Å². The van der Waals surface area contributed by atoms with Crippen molar-refractivity contribution in [1.29, 1.82) is 0 Å². The van der Waals surface area contributed by atoms with Crippen molar-refractivity contribution in [2.45, 2.75) is 19.1 Å². The van der Waals surface area contributed by atoms with Gasteiger partial charge in [-0.3, -0.25) is 9.36 Å². The molecule has 1 unspecified atom stereocenters. The quantitative estimate of drug-likeness (QED) is 0.454. The van der Waals surface area contributed by atoms with Gasteiger partial charge < -0.3 is 10.5 Å². The van der Waals surface area contributed by atoms with E-state index in [1.807, 2.05) is 48.5 Å². The van der Waals surface area contributed by atoms with Gasteiger partial charge in [-0.25, -0.2) is 9.48 Å². The largest absolute Gasteiger partial charge is 0.497 e. The summed E-state index contributed by atoms with van der Waals surface area (Å²) >= 11 is 6.31. The van der Waals surface area contributed by atoms with Crippen molar-refractivity contribution in [1.82, 2.24) is 14.3 Å². The van der Waals surface area contributed by atoms with E-state index in [2.05, 4.69) is 5.10 Å². The Bertz CT molecular complexity index is 1380. The highest BCUT2D eigenvalue weighted by Gasteiger charge is 2.19. The van der Waals surface area contributed by atoms with E-state index >= 15 is 0 Å². The van der Waals surface area contributed by atoms with Crippen LogP contribution in [0.25, 0.3) is 11.3 Å². The third kappa shape index (κ3) is 4.89. The molecule has 168 valence electrons. The Kier molecular flexibility index (Phi) is 6.72. The average Bonchev–Trinajstić information content (AvgIpc) is 2.85. The molecule has 0 aliphatic heterocycles. The molecular formula is C25H23ClN4O3. The Morgan fingerprint density at radius 3 is 2.45 bits per heavy atom. The molecule has 4 aromatic rings. The van der Waals surface area contributed by atoms with E-state index in [0.29, 0.717) is 21.9 Å². The van der Waals surface area contributed by atoms with Crippen LogP contribution in [0.2, 0.25) is 5.02 Å². The fraction of sp³-hybridized carbons (Fsp3) is 0.160. The van der Waals surface area contributed by atoms with Crippen molar-refractivity contribution < 1.29 is 4.74 Å². The highest BCUT2D eigenvalue weighted by molar-refractivity contribution is 6.31. The third-order valence-electron chi connectivity index (χ3n) is 5.35. The van der Waals surface area contributed by atoms with Gasteiger partial charge in [0.05, 0.1) is 20.2 Å². The molecule has 0 saturated carbocycles. The van der Waals surface area contributed by atoms with Crippen LogP contribution < -0.4 is 21.7 Å². The SMILES string of the molecule is COc1cccc(-c2nn(Cc3ccccc3Cl)c(=O)n(CC(N)c3ccccc3)c2=O)c1. The maximum atomic E-state index is 13.4. The van der Waals surface area contributed by atoms with E-state index in [-0.39, 0.29) is 18.8 Å². The van der Waals surface area contributed by atoms with Crippen LogP contribution in [0.15, 0.2) is 88.5 Å². The molecule has 7 nitrogen and oxygen atoms in total. The molecule has 0 amide bonds. The Labute approximate surface area is 195 Å². The van der Waals surface area contributed by atoms with Crippen molar-refractivity contribution >= 4 is 11.6 Å². The Morgan fingerprint density at radius 1 is 1.00 bits per heavy atom. The van der Waals surface area contributed by atoms with Crippen LogP contribution in [0.5, 0.6) is 5.75 Å². The number of hydrogen-bond donors (Lipinski definition) is 1. The Morgan fingerprint density at radius 2 is 1.73 bits per heavy atom. The molecule has 3 aromatic carbocycles. The Hall–Kier alpha value is -3.68. The van der Waals surface area contributed by atoms with E-state index < -0.39 is 17.3 Å². The fourth-order valence-electron chi connectivity index (χ4n) is 3.57. The minimum atomic E-state index is -0.557. The van der Waals surface area contributed by atoms with Gasteiger partial charge in [0, 0.05) is 16.6 Å². The lowest BCUT2D eigenvalue weighted by atomic mass is 10.1. The first-order valence-corrected chi connectivity index (χ1v) is 10.8. The van der Waals surface area contributed by atoms with Gasteiger partial charge in [0.15, 0.2) is 5.69 Å². The molecule has 0 bridgehead atoms. The van der Waals surface area contributed by atoms with Gasteiger partial charge >= 0.3 is 5.69 Å². The van der Waals surface area contributed by atoms with Crippen LogP contribution in [-0.4, -0.2) is 21.5 Å². The first-order valence-electron chi connectivity index (χ1n) is 10.4. The number of rotatable bonds is 7. The summed E-state index contributed by atoms with van der Waals surface area (Å²) in [7, 11) is 1.54. The minimum absolute atomic E-state index is 0.00366.